The van der Waals surface area contributed by atoms with Gasteiger partial charge in [0.1, 0.15) is 23.8 Å². The van der Waals surface area contributed by atoms with Gasteiger partial charge in [-0.25, -0.2) is 22.0 Å². The largest absolute Gasteiger partial charge is 0.448 e. The zero-order valence-electron chi connectivity index (χ0n) is 25.4. The van der Waals surface area contributed by atoms with Crippen LogP contribution in [-0.4, -0.2) is 72.8 Å². The number of sulfone groups is 1. The van der Waals surface area contributed by atoms with Crippen LogP contribution in [0.5, 0.6) is 0 Å². The van der Waals surface area contributed by atoms with Crippen LogP contribution in [0.15, 0.2) is 42.5 Å². The van der Waals surface area contributed by atoms with Crippen molar-refractivity contribution in [3.63, 3.8) is 0 Å². The first-order valence-corrected chi connectivity index (χ1v) is 16.3. The summed E-state index contributed by atoms with van der Waals surface area (Å²) in [5, 5.41) is 22.2. The van der Waals surface area contributed by atoms with Crippen LogP contribution in [0.3, 0.4) is 0 Å². The molecule has 44 heavy (non-hydrogen) atoms. The Hall–Kier alpha value is -3.60. The molecule has 2 aromatic carbocycles. The summed E-state index contributed by atoms with van der Waals surface area (Å²) in [7, 11) is -3.86. The number of nitrogens with one attached hydrogen (secondary N) is 1. The van der Waals surface area contributed by atoms with Crippen molar-refractivity contribution < 1.29 is 36.6 Å². The third-order valence-corrected chi connectivity index (χ3v) is 8.90. The van der Waals surface area contributed by atoms with Crippen molar-refractivity contribution in [2.24, 2.45) is 5.73 Å². The number of unbranched alkanes of at least 4 members (excludes halogenated alkanes) is 1. The van der Waals surface area contributed by atoms with E-state index in [2.05, 4.69) is 5.32 Å². The number of benzene rings is 2. The molecule has 2 aromatic rings. The standard InChI is InChI=1S/C31H42F2N4O6S/c1-4-6-13-44(41,42)21-31(3,36-30(40)43-12-8-11-34)29(39)37(19-23-10-7-9-22(5-2)14-23)20-28(38)27(35)17-24-15-25(32)18-26(33)16-24/h7,9-10,14-16,18,27-28,38H,4-6,8,12-13,17,19-21,35H2,1-3H3,(H,36,40)/t27-,28+,31-/m0/s1. The molecule has 2 rings (SSSR count). The van der Waals surface area contributed by atoms with Crippen LogP contribution in [0.1, 0.15) is 56.7 Å². The summed E-state index contributed by atoms with van der Waals surface area (Å²) in [5.74, 6) is -3.39. The van der Waals surface area contributed by atoms with Crippen LogP contribution in [0, 0.1) is 23.0 Å². The second kappa shape index (κ2) is 17.0. The van der Waals surface area contributed by atoms with Gasteiger partial charge in [-0.15, -0.1) is 0 Å². The highest BCUT2D eigenvalue weighted by molar-refractivity contribution is 7.91. The van der Waals surface area contributed by atoms with Gasteiger partial charge in [0.05, 0.1) is 30.1 Å². The third-order valence-electron chi connectivity index (χ3n) is 6.97. The van der Waals surface area contributed by atoms with Gasteiger partial charge in [-0.1, -0.05) is 44.5 Å². The molecule has 242 valence electrons. The Morgan fingerprint density at radius 2 is 1.80 bits per heavy atom. The molecule has 10 nitrogen and oxygen atoms in total. The van der Waals surface area contributed by atoms with Crippen molar-refractivity contribution in [2.45, 2.75) is 77.1 Å². The number of carbonyl (C=O) groups is 2. The Morgan fingerprint density at radius 3 is 2.41 bits per heavy atom. The number of aryl methyl sites for hydroxylation is 1. The predicted molar refractivity (Wildman–Crippen MR) is 162 cm³/mol. The fourth-order valence-corrected chi connectivity index (χ4v) is 6.66. The van der Waals surface area contributed by atoms with Gasteiger partial charge >= 0.3 is 6.09 Å². The first-order chi connectivity index (χ1) is 20.7. The molecule has 0 saturated heterocycles. The maximum atomic E-state index is 14.2. The van der Waals surface area contributed by atoms with E-state index >= 15 is 0 Å². The summed E-state index contributed by atoms with van der Waals surface area (Å²) in [6.07, 6.45) is -1.05. The lowest BCUT2D eigenvalue weighted by molar-refractivity contribution is -0.139. The Labute approximate surface area is 258 Å². The first kappa shape index (κ1) is 36.6. The van der Waals surface area contributed by atoms with E-state index in [1.807, 2.05) is 32.0 Å². The van der Waals surface area contributed by atoms with Gasteiger partial charge in [-0.2, -0.15) is 5.26 Å². The van der Waals surface area contributed by atoms with Gasteiger partial charge in [0.2, 0.25) is 5.91 Å². The van der Waals surface area contributed by atoms with Crippen molar-refractivity contribution in [3.05, 3.63) is 70.8 Å². The van der Waals surface area contributed by atoms with Gasteiger partial charge in [-0.05, 0) is 55.0 Å². The van der Waals surface area contributed by atoms with Crippen molar-refractivity contribution >= 4 is 21.8 Å². The van der Waals surface area contributed by atoms with E-state index in [0.717, 1.165) is 17.7 Å². The van der Waals surface area contributed by atoms with Gasteiger partial charge < -0.3 is 25.8 Å². The number of hydrogen-bond acceptors (Lipinski definition) is 8. The monoisotopic (exact) mass is 636 g/mol. The zero-order valence-corrected chi connectivity index (χ0v) is 26.2. The molecule has 0 bridgehead atoms. The van der Waals surface area contributed by atoms with Crippen LogP contribution in [-0.2, 0) is 38.8 Å². The van der Waals surface area contributed by atoms with Crippen LogP contribution >= 0.6 is 0 Å². The maximum absolute atomic E-state index is 14.2. The highest BCUT2D eigenvalue weighted by Crippen LogP contribution is 2.20. The Bertz CT molecular complexity index is 1400. The summed E-state index contributed by atoms with van der Waals surface area (Å²) < 4.78 is 58.6. The van der Waals surface area contributed by atoms with E-state index in [1.54, 1.807) is 12.1 Å². The van der Waals surface area contributed by atoms with Crippen LogP contribution in [0.2, 0.25) is 0 Å². The molecule has 3 atom stereocenters. The summed E-state index contributed by atoms with van der Waals surface area (Å²) in [5.41, 5.74) is 6.05. The minimum absolute atomic E-state index is 0.0686. The number of ether oxygens (including phenoxy) is 1. The second-order valence-electron chi connectivity index (χ2n) is 11.0. The average Bonchev–Trinajstić information content (AvgIpc) is 2.94. The number of rotatable bonds is 17. The fraction of sp³-hybridized carbons (Fsp3) is 0.516. The normalized spacial score (nSPS) is 14.1. The van der Waals surface area contributed by atoms with E-state index < -0.39 is 56.9 Å². The van der Waals surface area contributed by atoms with Crippen molar-refractivity contribution in [1.29, 1.82) is 5.26 Å². The summed E-state index contributed by atoms with van der Waals surface area (Å²) in [6, 6.07) is 11.0. The molecule has 0 fully saturated rings. The number of hydrogen-bond donors (Lipinski definition) is 3. The van der Waals surface area contributed by atoms with E-state index in [0.29, 0.717) is 30.9 Å². The molecule has 0 spiro atoms. The average molecular weight is 637 g/mol. The molecule has 0 aliphatic carbocycles. The Balaban J connectivity index is 2.45. The lowest BCUT2D eigenvalue weighted by atomic mass is 9.98. The lowest BCUT2D eigenvalue weighted by Gasteiger charge is -2.36. The topological polar surface area (TPSA) is 163 Å². The summed E-state index contributed by atoms with van der Waals surface area (Å²) in [4.78, 5) is 28.1. The molecule has 0 heterocycles. The third kappa shape index (κ3) is 11.8. The molecule has 0 unspecified atom stereocenters. The number of aliphatic hydroxyl groups excluding tert-OH is 1. The molecule has 0 aromatic heterocycles. The van der Waals surface area contributed by atoms with Gasteiger partial charge in [0.25, 0.3) is 0 Å². The number of nitrogens with two attached hydrogens (primary N) is 1. The number of carbonyl (C=O) groups excluding carboxylic acids is 2. The lowest BCUT2D eigenvalue weighted by Crippen LogP contribution is -2.62. The van der Waals surface area contributed by atoms with Gasteiger partial charge in [-0.3, -0.25) is 4.79 Å². The van der Waals surface area contributed by atoms with Crippen LogP contribution in [0.25, 0.3) is 0 Å². The SMILES string of the molecule is CCCCS(=O)(=O)C[C@](C)(NC(=O)OCCC#N)C(=O)N(Cc1cccc(CC)c1)C[C@@H](O)[C@@H](N)Cc1cc(F)cc(F)c1. The minimum atomic E-state index is -3.86. The molecular weight excluding hydrogens is 594 g/mol. The Kier molecular flexibility index (Phi) is 14.2. The smallest absolute Gasteiger partial charge is 0.408 e. The van der Waals surface area contributed by atoms with Crippen LogP contribution in [0.4, 0.5) is 13.6 Å². The van der Waals surface area contributed by atoms with E-state index in [1.165, 1.54) is 11.8 Å². The minimum Gasteiger partial charge on any atom is -0.448 e. The molecule has 4 N–H and O–H groups in total. The number of aliphatic hydroxyl groups is 1. The Morgan fingerprint density at radius 1 is 1.14 bits per heavy atom. The molecule has 13 heteroatoms. The summed E-state index contributed by atoms with van der Waals surface area (Å²) in [6.45, 7) is 4.32. The molecule has 0 aliphatic rings. The highest BCUT2D eigenvalue weighted by Gasteiger charge is 2.43. The second-order valence-corrected chi connectivity index (χ2v) is 13.2. The summed E-state index contributed by atoms with van der Waals surface area (Å²) >= 11 is 0. The molecule has 2 amide bonds. The zero-order chi connectivity index (χ0) is 32.9. The number of halogens is 2. The number of amides is 2. The van der Waals surface area contributed by atoms with Gasteiger partial charge in [0.15, 0.2) is 9.84 Å². The van der Waals surface area contributed by atoms with E-state index in [9.17, 15) is 31.9 Å². The first-order valence-electron chi connectivity index (χ1n) is 14.5. The van der Waals surface area contributed by atoms with Crippen LogP contribution < -0.4 is 11.1 Å². The van der Waals surface area contributed by atoms with E-state index in [4.69, 9.17) is 15.7 Å². The quantitative estimate of drug-likeness (QED) is 0.223. The maximum Gasteiger partial charge on any atom is 0.408 e. The molecular formula is C31H42F2N4O6S. The number of nitriles is 1. The molecule has 0 aliphatic heterocycles. The fourth-order valence-electron chi connectivity index (χ4n) is 4.71. The molecule has 0 saturated carbocycles. The molecule has 0 radical (unpaired) electrons. The number of alkyl carbamates (subject to hydrolysis) is 1. The predicted octanol–water partition coefficient (Wildman–Crippen LogP) is 3.40. The highest BCUT2D eigenvalue weighted by atomic mass is 32.2. The van der Waals surface area contributed by atoms with Crippen molar-refractivity contribution in [2.75, 3.05) is 24.7 Å². The van der Waals surface area contributed by atoms with Crippen molar-refractivity contribution in [3.8, 4) is 6.07 Å². The van der Waals surface area contributed by atoms with E-state index in [-0.39, 0.29) is 43.9 Å². The van der Waals surface area contributed by atoms with Gasteiger partial charge in [0, 0.05) is 25.2 Å². The van der Waals surface area contributed by atoms with Crippen molar-refractivity contribution in [1.82, 2.24) is 10.2 Å². The number of nitrogens with zero attached hydrogens (tertiary/aromatic N) is 2.